The first kappa shape index (κ1) is 8.10. The van der Waals surface area contributed by atoms with Gasteiger partial charge in [0.25, 0.3) is 0 Å². The summed E-state index contributed by atoms with van der Waals surface area (Å²) in [5.74, 6) is -0.287. The average Bonchev–Trinajstić information content (AvgIpc) is 2.09. The van der Waals surface area contributed by atoms with Crippen LogP contribution in [0.4, 0.5) is 5.69 Å². The molecule has 0 saturated heterocycles. The van der Waals surface area contributed by atoms with Crippen LogP contribution in [0.25, 0.3) is 10.4 Å². The van der Waals surface area contributed by atoms with E-state index in [0.29, 0.717) is 6.29 Å². The van der Waals surface area contributed by atoms with Crippen molar-refractivity contribution in [3.05, 3.63) is 34.2 Å². The normalized spacial score (nSPS) is 8.67. The van der Waals surface area contributed by atoms with Gasteiger partial charge in [-0.1, -0.05) is 11.2 Å². The highest BCUT2D eigenvalue weighted by Gasteiger charge is 2.02. The Bertz CT molecular complexity index is 356. The Kier molecular flexibility index (Phi) is 2.30. The van der Waals surface area contributed by atoms with Crippen LogP contribution >= 0.6 is 0 Å². The third kappa shape index (κ3) is 1.36. The second-order valence-corrected chi connectivity index (χ2v) is 2.02. The van der Waals surface area contributed by atoms with Crippen molar-refractivity contribution in [1.82, 2.24) is 0 Å². The third-order valence-corrected chi connectivity index (χ3v) is 1.33. The summed E-state index contributed by atoms with van der Waals surface area (Å²) in [4.78, 5) is 12.8. The number of aldehydes is 1. The fraction of sp³-hybridized carbons (Fsp3) is 0. The number of para-hydroxylation sites is 1. The monoisotopic (exact) mass is 163 g/mol. The molecule has 0 fully saturated rings. The molecule has 60 valence electrons. The number of carbonyl (C=O) groups excluding carboxylic acids is 1. The summed E-state index contributed by atoms with van der Waals surface area (Å²) in [6.07, 6.45) is 0.492. The number of phenolic OH excluding ortho intramolecular Hbond substituents is 1. The van der Waals surface area contributed by atoms with Crippen LogP contribution < -0.4 is 0 Å². The van der Waals surface area contributed by atoms with Crippen molar-refractivity contribution in [1.29, 1.82) is 0 Å². The van der Waals surface area contributed by atoms with E-state index in [-0.39, 0.29) is 17.0 Å². The number of phenols is 1. The summed E-state index contributed by atoms with van der Waals surface area (Å²) in [5, 5.41) is 12.4. The molecule has 1 rings (SSSR count). The van der Waals surface area contributed by atoms with E-state index in [1.54, 1.807) is 0 Å². The zero-order valence-corrected chi connectivity index (χ0v) is 6.01. The van der Waals surface area contributed by atoms with Crippen molar-refractivity contribution < 1.29 is 9.90 Å². The van der Waals surface area contributed by atoms with Gasteiger partial charge in [0.05, 0.1) is 11.3 Å². The van der Waals surface area contributed by atoms with E-state index in [9.17, 15) is 9.90 Å². The van der Waals surface area contributed by atoms with Crippen molar-refractivity contribution in [3.8, 4) is 5.75 Å². The van der Waals surface area contributed by atoms with Gasteiger partial charge < -0.3 is 5.11 Å². The molecule has 0 amide bonds. The molecule has 0 atom stereocenters. The minimum absolute atomic E-state index is 0.0575. The van der Waals surface area contributed by atoms with Gasteiger partial charge in [-0.15, -0.1) is 0 Å². The maximum Gasteiger partial charge on any atom is 0.153 e. The molecule has 0 aliphatic heterocycles. The van der Waals surface area contributed by atoms with Crippen LogP contribution in [0.15, 0.2) is 23.3 Å². The van der Waals surface area contributed by atoms with E-state index in [1.807, 2.05) is 0 Å². The number of benzene rings is 1. The molecule has 0 bridgehead atoms. The lowest BCUT2D eigenvalue weighted by Gasteiger charge is -1.98. The fourth-order valence-electron chi connectivity index (χ4n) is 0.773. The Morgan fingerprint density at radius 1 is 1.58 bits per heavy atom. The van der Waals surface area contributed by atoms with Gasteiger partial charge in [-0.25, -0.2) is 0 Å². The minimum Gasteiger partial charge on any atom is -0.507 e. The van der Waals surface area contributed by atoms with Gasteiger partial charge in [-0.3, -0.25) is 4.79 Å². The molecule has 1 aromatic carbocycles. The Labute approximate surface area is 67.9 Å². The smallest absolute Gasteiger partial charge is 0.153 e. The SMILES string of the molecule is [N-]=[N+]=Nc1cccc(C=O)c1O. The quantitative estimate of drug-likeness (QED) is 0.313. The summed E-state index contributed by atoms with van der Waals surface area (Å²) in [7, 11) is 0. The van der Waals surface area contributed by atoms with Gasteiger partial charge in [0.1, 0.15) is 5.75 Å². The zero-order chi connectivity index (χ0) is 8.97. The van der Waals surface area contributed by atoms with Crippen LogP contribution in [-0.4, -0.2) is 11.4 Å². The van der Waals surface area contributed by atoms with E-state index in [0.717, 1.165) is 0 Å². The lowest BCUT2D eigenvalue weighted by atomic mass is 10.2. The van der Waals surface area contributed by atoms with Crippen molar-refractivity contribution in [2.45, 2.75) is 0 Å². The molecule has 5 nitrogen and oxygen atoms in total. The summed E-state index contributed by atoms with van der Waals surface area (Å²) >= 11 is 0. The molecule has 0 spiro atoms. The van der Waals surface area contributed by atoms with Gasteiger partial charge in [-0.05, 0) is 17.7 Å². The Hall–Kier alpha value is -2.00. The largest absolute Gasteiger partial charge is 0.507 e. The van der Waals surface area contributed by atoms with Crippen molar-refractivity contribution in [2.24, 2.45) is 5.11 Å². The Morgan fingerprint density at radius 2 is 2.33 bits per heavy atom. The topological polar surface area (TPSA) is 86.1 Å². The third-order valence-electron chi connectivity index (χ3n) is 1.33. The maximum atomic E-state index is 10.3. The number of rotatable bonds is 2. The number of hydrogen-bond donors (Lipinski definition) is 1. The molecule has 0 saturated carbocycles. The summed E-state index contributed by atoms with van der Waals surface area (Å²) in [6, 6.07) is 4.37. The Morgan fingerprint density at radius 3 is 2.92 bits per heavy atom. The van der Waals surface area contributed by atoms with E-state index >= 15 is 0 Å². The summed E-state index contributed by atoms with van der Waals surface area (Å²) in [6.45, 7) is 0. The number of carbonyl (C=O) groups is 1. The maximum absolute atomic E-state index is 10.3. The number of azide groups is 1. The average molecular weight is 163 g/mol. The molecule has 1 N–H and O–H groups in total. The van der Waals surface area contributed by atoms with E-state index in [2.05, 4.69) is 10.0 Å². The highest BCUT2D eigenvalue weighted by atomic mass is 16.3. The molecule has 0 aliphatic carbocycles. The van der Waals surface area contributed by atoms with Crippen LogP contribution in [0.3, 0.4) is 0 Å². The molecule has 12 heavy (non-hydrogen) atoms. The van der Waals surface area contributed by atoms with Gasteiger partial charge >= 0.3 is 0 Å². The predicted octanol–water partition coefficient (Wildman–Crippen LogP) is 2.15. The molecule has 0 aliphatic rings. The van der Waals surface area contributed by atoms with Crippen molar-refractivity contribution in [2.75, 3.05) is 0 Å². The summed E-state index contributed by atoms with van der Waals surface area (Å²) in [5.41, 5.74) is 8.24. The fourth-order valence-corrected chi connectivity index (χ4v) is 0.773. The van der Waals surface area contributed by atoms with Gasteiger partial charge in [0, 0.05) is 4.91 Å². The molecule has 0 radical (unpaired) electrons. The predicted molar refractivity (Wildman–Crippen MR) is 42.3 cm³/mol. The second-order valence-electron chi connectivity index (χ2n) is 2.02. The van der Waals surface area contributed by atoms with Gasteiger partial charge in [0.2, 0.25) is 0 Å². The van der Waals surface area contributed by atoms with Gasteiger partial charge in [0.15, 0.2) is 6.29 Å². The zero-order valence-electron chi connectivity index (χ0n) is 6.01. The Balaban J connectivity index is 3.31. The molecule has 0 aromatic heterocycles. The second kappa shape index (κ2) is 3.41. The number of hydrogen-bond acceptors (Lipinski definition) is 3. The van der Waals surface area contributed by atoms with Crippen LogP contribution in [0, 0.1) is 0 Å². The lowest BCUT2D eigenvalue weighted by molar-refractivity contribution is 0.112. The van der Waals surface area contributed by atoms with Crippen LogP contribution in [0.2, 0.25) is 0 Å². The van der Waals surface area contributed by atoms with E-state index < -0.39 is 0 Å². The van der Waals surface area contributed by atoms with Gasteiger partial charge in [-0.2, -0.15) is 0 Å². The minimum atomic E-state index is -0.287. The first-order valence-corrected chi connectivity index (χ1v) is 3.12. The molecule has 5 heteroatoms. The van der Waals surface area contributed by atoms with Crippen LogP contribution in [0.5, 0.6) is 5.75 Å². The first-order chi connectivity index (χ1) is 5.79. The van der Waals surface area contributed by atoms with Crippen molar-refractivity contribution in [3.63, 3.8) is 0 Å². The van der Waals surface area contributed by atoms with Crippen molar-refractivity contribution >= 4 is 12.0 Å². The highest BCUT2D eigenvalue weighted by Crippen LogP contribution is 2.28. The van der Waals surface area contributed by atoms with Crippen LogP contribution in [0.1, 0.15) is 10.4 Å². The van der Waals surface area contributed by atoms with E-state index in [1.165, 1.54) is 18.2 Å². The molecular weight excluding hydrogens is 158 g/mol. The molecule has 0 heterocycles. The van der Waals surface area contributed by atoms with Crippen LogP contribution in [-0.2, 0) is 0 Å². The standard InChI is InChI=1S/C7H5N3O2/c8-10-9-6-3-1-2-5(4-11)7(6)12/h1-4,12H. The number of nitrogens with zero attached hydrogens (tertiary/aromatic N) is 3. The highest BCUT2D eigenvalue weighted by molar-refractivity contribution is 5.82. The number of aromatic hydroxyl groups is 1. The van der Waals surface area contributed by atoms with E-state index in [4.69, 9.17) is 5.53 Å². The first-order valence-electron chi connectivity index (χ1n) is 3.12. The summed E-state index contributed by atoms with van der Waals surface area (Å²) < 4.78 is 0. The molecule has 0 unspecified atom stereocenters. The molecule has 1 aromatic rings. The lowest BCUT2D eigenvalue weighted by Crippen LogP contribution is -1.79. The molecular formula is C7H5N3O2.